The van der Waals surface area contributed by atoms with Crippen molar-refractivity contribution in [3.8, 4) is 22.4 Å². The molecule has 4 nitrogen and oxygen atoms in total. The predicted octanol–water partition coefficient (Wildman–Crippen LogP) is 5.80. The zero-order chi connectivity index (χ0) is 21.7. The van der Waals surface area contributed by atoms with Crippen molar-refractivity contribution in [2.45, 2.75) is 19.3 Å². The van der Waals surface area contributed by atoms with Crippen LogP contribution in [-0.4, -0.2) is 19.6 Å². The standard InChI is InChI=1S/C20H12F6N4/c1-11-2-3-13(8-15(11)19(21,22)23)16-9-17(20(24,25)26)30-18(29-16)14(10-28-30)12-4-6-27-7-5-12/h2-10H,1H3. The number of aromatic nitrogens is 4. The summed E-state index contributed by atoms with van der Waals surface area (Å²) in [5, 5.41) is 3.80. The number of rotatable bonds is 2. The lowest BCUT2D eigenvalue weighted by molar-refractivity contribution is -0.142. The number of pyridine rings is 1. The fourth-order valence-corrected chi connectivity index (χ4v) is 3.13. The number of benzene rings is 1. The third kappa shape index (κ3) is 3.49. The Hall–Kier alpha value is -3.43. The van der Waals surface area contributed by atoms with Gasteiger partial charge in [-0.15, -0.1) is 0 Å². The highest BCUT2D eigenvalue weighted by Crippen LogP contribution is 2.37. The highest BCUT2D eigenvalue weighted by molar-refractivity contribution is 5.78. The first-order valence-corrected chi connectivity index (χ1v) is 8.60. The number of aryl methyl sites for hydroxylation is 1. The molecule has 10 heteroatoms. The second-order valence-electron chi connectivity index (χ2n) is 6.58. The van der Waals surface area contributed by atoms with Gasteiger partial charge in [0.15, 0.2) is 11.3 Å². The van der Waals surface area contributed by atoms with Gasteiger partial charge in [-0.25, -0.2) is 9.50 Å². The molecule has 4 aromatic rings. The molecule has 0 bridgehead atoms. The molecule has 0 aliphatic rings. The maximum absolute atomic E-state index is 13.7. The van der Waals surface area contributed by atoms with Crippen LogP contribution in [0.4, 0.5) is 26.3 Å². The molecule has 0 aliphatic carbocycles. The van der Waals surface area contributed by atoms with Crippen molar-refractivity contribution in [3.05, 3.63) is 71.8 Å². The Bertz CT molecular complexity index is 1230. The Labute approximate surface area is 165 Å². The number of alkyl halides is 6. The average molecular weight is 422 g/mol. The van der Waals surface area contributed by atoms with Gasteiger partial charge in [0.1, 0.15) is 0 Å². The van der Waals surface area contributed by atoms with Crippen LogP contribution in [0, 0.1) is 6.92 Å². The minimum Gasteiger partial charge on any atom is -0.265 e. The summed E-state index contributed by atoms with van der Waals surface area (Å²) in [5.41, 5.74) is -1.73. The van der Waals surface area contributed by atoms with Crippen LogP contribution in [0.1, 0.15) is 16.8 Å². The molecule has 0 aliphatic heterocycles. The van der Waals surface area contributed by atoms with E-state index in [2.05, 4.69) is 15.1 Å². The lowest BCUT2D eigenvalue weighted by Crippen LogP contribution is -2.14. The van der Waals surface area contributed by atoms with Gasteiger partial charge in [-0.2, -0.15) is 31.4 Å². The zero-order valence-corrected chi connectivity index (χ0v) is 15.3. The van der Waals surface area contributed by atoms with Crippen molar-refractivity contribution in [1.29, 1.82) is 0 Å². The first kappa shape index (κ1) is 19.9. The molecule has 3 heterocycles. The molecule has 0 unspecified atom stereocenters. The van der Waals surface area contributed by atoms with Crippen LogP contribution in [0.25, 0.3) is 28.0 Å². The third-order valence-electron chi connectivity index (χ3n) is 4.59. The Morgan fingerprint density at radius 1 is 0.833 bits per heavy atom. The number of hydrogen-bond donors (Lipinski definition) is 0. The maximum atomic E-state index is 13.7. The normalized spacial score (nSPS) is 12.5. The van der Waals surface area contributed by atoms with Crippen molar-refractivity contribution in [2.24, 2.45) is 0 Å². The van der Waals surface area contributed by atoms with E-state index in [1.807, 2.05) is 0 Å². The van der Waals surface area contributed by atoms with Gasteiger partial charge in [-0.1, -0.05) is 12.1 Å². The van der Waals surface area contributed by atoms with Crippen LogP contribution in [-0.2, 0) is 12.4 Å². The number of halogens is 6. The van der Waals surface area contributed by atoms with Crippen LogP contribution in [0.2, 0.25) is 0 Å². The number of nitrogens with zero attached hydrogens (tertiary/aromatic N) is 4. The molecule has 0 saturated heterocycles. The van der Waals surface area contributed by atoms with Crippen LogP contribution in [0.5, 0.6) is 0 Å². The maximum Gasteiger partial charge on any atom is 0.433 e. The molecule has 30 heavy (non-hydrogen) atoms. The zero-order valence-electron chi connectivity index (χ0n) is 15.3. The Kier molecular flexibility index (Phi) is 4.52. The summed E-state index contributed by atoms with van der Waals surface area (Å²) >= 11 is 0. The molecule has 0 amide bonds. The molecular formula is C20H12F6N4. The lowest BCUT2D eigenvalue weighted by atomic mass is 10.0. The van der Waals surface area contributed by atoms with Crippen LogP contribution in [0.15, 0.2) is 55.0 Å². The van der Waals surface area contributed by atoms with Crippen molar-refractivity contribution < 1.29 is 26.3 Å². The number of hydrogen-bond acceptors (Lipinski definition) is 3. The van der Waals surface area contributed by atoms with Crippen LogP contribution >= 0.6 is 0 Å². The molecule has 0 saturated carbocycles. The summed E-state index contributed by atoms with van der Waals surface area (Å²) in [5.74, 6) is 0. The van der Waals surface area contributed by atoms with Gasteiger partial charge in [0, 0.05) is 23.5 Å². The minimum absolute atomic E-state index is 0.0369. The van der Waals surface area contributed by atoms with E-state index in [0.717, 1.165) is 6.07 Å². The Morgan fingerprint density at radius 2 is 1.53 bits per heavy atom. The smallest absolute Gasteiger partial charge is 0.265 e. The van der Waals surface area contributed by atoms with Crippen molar-refractivity contribution >= 4 is 5.65 Å². The molecule has 0 radical (unpaired) electrons. The van der Waals surface area contributed by atoms with E-state index >= 15 is 0 Å². The van der Waals surface area contributed by atoms with Crippen molar-refractivity contribution in [1.82, 2.24) is 19.6 Å². The summed E-state index contributed by atoms with van der Waals surface area (Å²) in [6, 6.07) is 7.17. The van der Waals surface area contributed by atoms with E-state index < -0.39 is 23.6 Å². The molecule has 1 aromatic carbocycles. The molecule has 3 aromatic heterocycles. The molecule has 154 valence electrons. The summed E-state index contributed by atoms with van der Waals surface area (Å²) < 4.78 is 81.5. The first-order valence-electron chi connectivity index (χ1n) is 8.60. The second-order valence-corrected chi connectivity index (χ2v) is 6.58. The van der Waals surface area contributed by atoms with Crippen LogP contribution < -0.4 is 0 Å². The highest BCUT2D eigenvalue weighted by atomic mass is 19.4. The fraction of sp³-hybridized carbons (Fsp3) is 0.150. The monoisotopic (exact) mass is 422 g/mol. The fourth-order valence-electron chi connectivity index (χ4n) is 3.13. The molecule has 0 atom stereocenters. The van der Waals surface area contributed by atoms with Crippen molar-refractivity contribution in [3.63, 3.8) is 0 Å². The highest BCUT2D eigenvalue weighted by Gasteiger charge is 2.36. The van der Waals surface area contributed by atoms with Gasteiger partial charge in [0.25, 0.3) is 0 Å². The van der Waals surface area contributed by atoms with Gasteiger partial charge < -0.3 is 0 Å². The van der Waals surface area contributed by atoms with E-state index in [-0.39, 0.29) is 22.5 Å². The Balaban J connectivity index is 2.00. The van der Waals surface area contributed by atoms with E-state index in [1.54, 1.807) is 12.1 Å². The number of fused-ring (bicyclic) bond motifs is 1. The van der Waals surface area contributed by atoms with Crippen LogP contribution in [0.3, 0.4) is 0 Å². The summed E-state index contributed by atoms with van der Waals surface area (Å²) in [7, 11) is 0. The average Bonchev–Trinajstić information content (AvgIpc) is 3.10. The van der Waals surface area contributed by atoms with Gasteiger partial charge >= 0.3 is 12.4 Å². The second kappa shape index (κ2) is 6.82. The quantitative estimate of drug-likeness (QED) is 0.383. The van der Waals surface area contributed by atoms with Gasteiger partial charge in [-0.3, -0.25) is 4.98 Å². The first-order chi connectivity index (χ1) is 14.1. The van der Waals surface area contributed by atoms with E-state index in [0.29, 0.717) is 21.7 Å². The van der Waals surface area contributed by atoms with Crippen molar-refractivity contribution in [2.75, 3.05) is 0 Å². The minimum atomic E-state index is -4.80. The SMILES string of the molecule is Cc1ccc(-c2cc(C(F)(F)F)n3ncc(-c4ccncc4)c3n2)cc1C(F)(F)F. The Morgan fingerprint density at radius 3 is 2.17 bits per heavy atom. The molecule has 0 spiro atoms. The predicted molar refractivity (Wildman–Crippen MR) is 96.4 cm³/mol. The third-order valence-corrected chi connectivity index (χ3v) is 4.59. The molecule has 0 N–H and O–H groups in total. The van der Waals surface area contributed by atoms with Gasteiger partial charge in [-0.05, 0) is 42.3 Å². The van der Waals surface area contributed by atoms with E-state index in [9.17, 15) is 26.3 Å². The van der Waals surface area contributed by atoms with Gasteiger partial charge in [0.2, 0.25) is 0 Å². The summed E-state index contributed by atoms with van der Waals surface area (Å²) in [4.78, 5) is 8.09. The lowest BCUT2D eigenvalue weighted by Gasteiger charge is -2.14. The van der Waals surface area contributed by atoms with Gasteiger partial charge in [0.05, 0.1) is 17.5 Å². The molecule has 0 fully saturated rings. The summed E-state index contributed by atoms with van der Waals surface area (Å²) in [6.07, 6.45) is -5.29. The van der Waals surface area contributed by atoms with E-state index in [4.69, 9.17) is 0 Å². The van der Waals surface area contributed by atoms with E-state index in [1.165, 1.54) is 37.6 Å². The molecule has 4 rings (SSSR count). The summed E-state index contributed by atoms with van der Waals surface area (Å²) in [6.45, 7) is 1.28. The largest absolute Gasteiger partial charge is 0.433 e. The molecular weight excluding hydrogens is 410 g/mol. The topological polar surface area (TPSA) is 43.1 Å².